The Labute approximate surface area is 166 Å². The number of likely N-dealkylation sites (tertiary alicyclic amines) is 1. The van der Waals surface area contributed by atoms with Crippen LogP contribution in [-0.4, -0.2) is 41.3 Å². The number of aryl methyl sites for hydroxylation is 2. The third-order valence-corrected chi connectivity index (χ3v) is 5.20. The smallest absolute Gasteiger partial charge is 0.238 e. The number of hydrogen-bond acceptors (Lipinski definition) is 4. The van der Waals surface area contributed by atoms with Crippen molar-refractivity contribution in [2.24, 2.45) is 5.92 Å². The number of rotatable bonds is 6. The second-order valence-electron chi connectivity index (χ2n) is 7.49. The van der Waals surface area contributed by atoms with E-state index in [-0.39, 0.29) is 17.7 Å². The molecule has 1 aromatic carbocycles. The molecular weight excluding hydrogens is 352 g/mol. The Morgan fingerprint density at radius 3 is 2.50 bits per heavy atom. The van der Waals surface area contributed by atoms with E-state index in [0.29, 0.717) is 13.1 Å². The third-order valence-electron chi connectivity index (χ3n) is 5.20. The number of benzene rings is 1. The number of nitrogens with zero attached hydrogens (tertiary/aromatic N) is 2. The van der Waals surface area contributed by atoms with E-state index >= 15 is 0 Å². The van der Waals surface area contributed by atoms with Gasteiger partial charge in [0, 0.05) is 30.5 Å². The monoisotopic (exact) mass is 380 g/mol. The lowest BCUT2D eigenvalue weighted by atomic mass is 9.96. The summed E-state index contributed by atoms with van der Waals surface area (Å²) in [5.41, 5.74) is 4.16. The zero-order valence-electron chi connectivity index (χ0n) is 16.6. The van der Waals surface area contributed by atoms with Crippen LogP contribution < -0.4 is 10.6 Å². The fraction of sp³-hybridized carbons (Fsp3) is 0.409. The molecule has 28 heavy (non-hydrogen) atoms. The fourth-order valence-corrected chi connectivity index (χ4v) is 3.53. The van der Waals surface area contributed by atoms with E-state index in [9.17, 15) is 9.59 Å². The van der Waals surface area contributed by atoms with Crippen molar-refractivity contribution >= 4 is 17.5 Å². The van der Waals surface area contributed by atoms with Crippen LogP contribution in [0.1, 0.15) is 29.5 Å². The van der Waals surface area contributed by atoms with Crippen LogP contribution in [-0.2, 0) is 16.1 Å². The number of hydrogen-bond donors (Lipinski definition) is 2. The van der Waals surface area contributed by atoms with Crippen LogP contribution >= 0.6 is 0 Å². The number of pyridine rings is 1. The highest BCUT2D eigenvalue weighted by atomic mass is 16.2. The van der Waals surface area contributed by atoms with Crippen molar-refractivity contribution in [3.05, 3.63) is 59.4 Å². The third kappa shape index (κ3) is 5.63. The standard InChI is InChI=1S/C22H28N4O2/c1-16-3-4-20(17(2)13-16)25-21(27)15-26-11-7-19(8-12-26)22(28)24-14-18-5-9-23-10-6-18/h3-6,9-10,13,19H,7-8,11-12,14-15H2,1-2H3,(H,24,28)(H,25,27). The summed E-state index contributed by atoms with van der Waals surface area (Å²) in [5.74, 6) is 0.101. The number of amides is 2. The van der Waals surface area contributed by atoms with E-state index in [2.05, 4.69) is 26.6 Å². The molecule has 6 nitrogen and oxygen atoms in total. The first-order chi connectivity index (χ1) is 13.5. The first kappa shape index (κ1) is 20.0. The van der Waals surface area contributed by atoms with Gasteiger partial charge in [0.1, 0.15) is 0 Å². The maximum atomic E-state index is 12.4. The van der Waals surface area contributed by atoms with E-state index in [4.69, 9.17) is 0 Å². The van der Waals surface area contributed by atoms with Gasteiger partial charge in [-0.15, -0.1) is 0 Å². The van der Waals surface area contributed by atoms with Gasteiger partial charge in [-0.2, -0.15) is 0 Å². The summed E-state index contributed by atoms with van der Waals surface area (Å²) >= 11 is 0. The van der Waals surface area contributed by atoms with Crippen LogP contribution in [0.5, 0.6) is 0 Å². The molecule has 2 heterocycles. The summed E-state index contributed by atoms with van der Waals surface area (Å²) in [4.78, 5) is 30.8. The average molecular weight is 380 g/mol. The van der Waals surface area contributed by atoms with Crippen molar-refractivity contribution in [1.82, 2.24) is 15.2 Å². The van der Waals surface area contributed by atoms with Gasteiger partial charge in [-0.25, -0.2) is 0 Å². The predicted octanol–water partition coefficient (Wildman–Crippen LogP) is 2.67. The molecule has 6 heteroatoms. The quantitative estimate of drug-likeness (QED) is 0.808. The van der Waals surface area contributed by atoms with Crippen LogP contribution in [0.25, 0.3) is 0 Å². The zero-order valence-corrected chi connectivity index (χ0v) is 16.6. The lowest BCUT2D eigenvalue weighted by Crippen LogP contribution is -2.43. The molecular formula is C22H28N4O2. The van der Waals surface area contributed by atoms with Gasteiger partial charge in [-0.3, -0.25) is 19.5 Å². The fourth-order valence-electron chi connectivity index (χ4n) is 3.53. The number of aromatic nitrogens is 1. The highest BCUT2D eigenvalue weighted by molar-refractivity contribution is 5.93. The molecule has 2 aromatic rings. The van der Waals surface area contributed by atoms with Crippen molar-refractivity contribution in [3.8, 4) is 0 Å². The van der Waals surface area contributed by atoms with Crippen molar-refractivity contribution in [2.75, 3.05) is 25.0 Å². The minimum Gasteiger partial charge on any atom is -0.352 e. The second-order valence-corrected chi connectivity index (χ2v) is 7.49. The second kappa shape index (κ2) is 9.46. The van der Waals surface area contributed by atoms with Crippen molar-refractivity contribution < 1.29 is 9.59 Å². The maximum Gasteiger partial charge on any atom is 0.238 e. The summed E-state index contributed by atoms with van der Waals surface area (Å²) < 4.78 is 0. The molecule has 0 unspecified atom stereocenters. The topological polar surface area (TPSA) is 74.3 Å². The Balaban J connectivity index is 1.41. The van der Waals surface area contributed by atoms with Gasteiger partial charge in [0.25, 0.3) is 0 Å². The molecule has 3 rings (SSSR count). The largest absolute Gasteiger partial charge is 0.352 e. The van der Waals surface area contributed by atoms with E-state index in [1.807, 2.05) is 38.1 Å². The summed E-state index contributed by atoms with van der Waals surface area (Å²) in [5, 5.41) is 6.00. The molecule has 2 N–H and O–H groups in total. The van der Waals surface area contributed by atoms with Gasteiger partial charge in [0.15, 0.2) is 0 Å². The van der Waals surface area contributed by atoms with Gasteiger partial charge in [0.2, 0.25) is 11.8 Å². The van der Waals surface area contributed by atoms with E-state index in [1.165, 1.54) is 5.56 Å². The molecule has 0 atom stereocenters. The summed E-state index contributed by atoms with van der Waals surface area (Å²) in [6.45, 7) is 6.44. The van der Waals surface area contributed by atoms with Gasteiger partial charge in [-0.1, -0.05) is 17.7 Å². The van der Waals surface area contributed by atoms with Gasteiger partial charge >= 0.3 is 0 Å². The number of carbonyl (C=O) groups excluding carboxylic acids is 2. The molecule has 1 fully saturated rings. The van der Waals surface area contributed by atoms with Crippen molar-refractivity contribution in [2.45, 2.75) is 33.2 Å². The van der Waals surface area contributed by atoms with Crippen LogP contribution in [0.4, 0.5) is 5.69 Å². The highest BCUT2D eigenvalue weighted by Gasteiger charge is 2.25. The van der Waals surface area contributed by atoms with Crippen molar-refractivity contribution in [1.29, 1.82) is 0 Å². The van der Waals surface area contributed by atoms with Crippen LogP contribution in [0.15, 0.2) is 42.7 Å². The number of anilines is 1. The molecule has 1 saturated heterocycles. The van der Waals surface area contributed by atoms with E-state index in [0.717, 1.165) is 42.7 Å². The number of piperidine rings is 1. The Morgan fingerprint density at radius 2 is 1.82 bits per heavy atom. The van der Waals surface area contributed by atoms with E-state index in [1.54, 1.807) is 12.4 Å². The average Bonchev–Trinajstić information content (AvgIpc) is 2.69. The van der Waals surface area contributed by atoms with Crippen molar-refractivity contribution in [3.63, 3.8) is 0 Å². The lowest BCUT2D eigenvalue weighted by Gasteiger charge is -2.30. The molecule has 1 aromatic heterocycles. The highest BCUT2D eigenvalue weighted by Crippen LogP contribution is 2.19. The normalized spacial score (nSPS) is 15.2. The summed E-state index contributed by atoms with van der Waals surface area (Å²) in [6.07, 6.45) is 5.00. The predicted molar refractivity (Wildman–Crippen MR) is 110 cm³/mol. The minimum atomic E-state index is -0.00691. The van der Waals surface area contributed by atoms with Crippen LogP contribution in [0.2, 0.25) is 0 Å². The summed E-state index contributed by atoms with van der Waals surface area (Å²) in [6, 6.07) is 9.81. The Hall–Kier alpha value is -2.73. The number of nitrogens with one attached hydrogen (secondary N) is 2. The molecule has 0 spiro atoms. The molecule has 0 saturated carbocycles. The minimum absolute atomic E-state index is 0.00691. The van der Waals surface area contributed by atoms with Crippen LogP contribution in [0.3, 0.4) is 0 Å². The maximum absolute atomic E-state index is 12.4. The molecule has 1 aliphatic rings. The first-order valence-corrected chi connectivity index (χ1v) is 9.77. The molecule has 0 radical (unpaired) electrons. The first-order valence-electron chi connectivity index (χ1n) is 9.77. The molecule has 1 aliphatic heterocycles. The summed E-state index contributed by atoms with van der Waals surface area (Å²) in [7, 11) is 0. The Kier molecular flexibility index (Phi) is 6.76. The van der Waals surface area contributed by atoms with Crippen LogP contribution in [0, 0.1) is 19.8 Å². The van der Waals surface area contributed by atoms with Gasteiger partial charge in [0.05, 0.1) is 6.54 Å². The van der Waals surface area contributed by atoms with Gasteiger partial charge in [-0.05, 0) is 69.1 Å². The lowest BCUT2D eigenvalue weighted by molar-refractivity contribution is -0.126. The molecule has 2 amide bonds. The molecule has 0 aliphatic carbocycles. The Morgan fingerprint density at radius 1 is 1.11 bits per heavy atom. The van der Waals surface area contributed by atoms with Gasteiger partial charge < -0.3 is 10.6 Å². The molecule has 148 valence electrons. The zero-order chi connectivity index (χ0) is 19.9. The SMILES string of the molecule is Cc1ccc(NC(=O)CN2CCC(C(=O)NCc3ccncc3)CC2)c(C)c1. The Bertz CT molecular complexity index is 815. The number of carbonyl (C=O) groups is 2. The molecule has 0 bridgehead atoms. The van der Waals surface area contributed by atoms with E-state index < -0.39 is 0 Å².